The smallest absolute Gasteiger partial charge is 0.153 e. The number of nitrogens with zero attached hydrogens (tertiary/aromatic N) is 3. The number of fused-ring (bicyclic) bond motifs is 2. The fourth-order valence-corrected chi connectivity index (χ4v) is 5.27. The molecule has 5 rings (SSSR count). The van der Waals surface area contributed by atoms with E-state index in [1.807, 2.05) is 0 Å². The maximum Gasteiger partial charge on any atom is 0.153 e. The lowest BCUT2D eigenvalue weighted by Gasteiger charge is -2.36. The average Bonchev–Trinajstić information content (AvgIpc) is 3.42. The first-order valence-electron chi connectivity index (χ1n) is 10.6. The van der Waals surface area contributed by atoms with Crippen molar-refractivity contribution in [3.63, 3.8) is 0 Å². The lowest BCUT2D eigenvalue weighted by molar-refractivity contribution is 0.0408. The average molecular weight is 411 g/mol. The molecule has 2 atom stereocenters. The van der Waals surface area contributed by atoms with Gasteiger partial charge in [-0.15, -0.1) is 12.4 Å². The molecule has 29 heavy (non-hydrogen) atoms. The molecule has 2 aromatic carbocycles. The van der Waals surface area contributed by atoms with Gasteiger partial charge in [0.15, 0.2) is 6.29 Å². The van der Waals surface area contributed by atoms with Crippen molar-refractivity contribution < 1.29 is 0 Å². The third-order valence-corrected chi connectivity index (χ3v) is 6.78. The van der Waals surface area contributed by atoms with Crippen LogP contribution in [0.1, 0.15) is 52.3 Å². The van der Waals surface area contributed by atoms with Gasteiger partial charge < -0.3 is 0 Å². The minimum Gasteiger partial charge on any atom is -0.282 e. The zero-order valence-electron chi connectivity index (χ0n) is 17.6. The number of benzene rings is 2. The van der Waals surface area contributed by atoms with E-state index in [9.17, 15) is 0 Å². The molecule has 2 aliphatic carbocycles. The number of aryl methyl sites for hydroxylation is 3. The van der Waals surface area contributed by atoms with Crippen LogP contribution >= 0.6 is 12.4 Å². The number of hydrogen-bond donors (Lipinski definition) is 1. The van der Waals surface area contributed by atoms with Crippen molar-refractivity contribution in [1.29, 1.82) is 0 Å². The third kappa shape index (κ3) is 3.48. The van der Waals surface area contributed by atoms with Crippen LogP contribution in [0.4, 0.5) is 0 Å². The molecule has 0 saturated carbocycles. The Kier molecular flexibility index (Phi) is 5.69. The van der Waals surface area contributed by atoms with Crippen molar-refractivity contribution >= 4 is 18.1 Å². The SMILES string of the molecule is Cc1ccc(C)c2c1CCC2N(N=C1CCc2ccccc21)C1NCCN1C.Cl. The largest absolute Gasteiger partial charge is 0.282 e. The summed E-state index contributed by atoms with van der Waals surface area (Å²) < 4.78 is 0. The van der Waals surface area contributed by atoms with Crippen LogP contribution in [0.2, 0.25) is 0 Å². The summed E-state index contributed by atoms with van der Waals surface area (Å²) in [5.41, 5.74) is 9.91. The Labute approximate surface area is 180 Å². The lowest BCUT2D eigenvalue weighted by Crippen LogP contribution is -2.48. The first kappa shape index (κ1) is 20.4. The topological polar surface area (TPSA) is 30.9 Å². The monoisotopic (exact) mass is 410 g/mol. The minimum absolute atomic E-state index is 0. The van der Waals surface area contributed by atoms with Crippen LogP contribution in [-0.4, -0.2) is 42.0 Å². The van der Waals surface area contributed by atoms with Crippen LogP contribution in [0.3, 0.4) is 0 Å². The fraction of sp³-hybridized carbons (Fsp3) is 0.458. The van der Waals surface area contributed by atoms with Gasteiger partial charge in [0.1, 0.15) is 0 Å². The molecular formula is C24H31ClN4. The van der Waals surface area contributed by atoms with E-state index in [4.69, 9.17) is 5.10 Å². The number of nitrogens with one attached hydrogen (secondary N) is 1. The Morgan fingerprint density at radius 2 is 1.83 bits per heavy atom. The minimum atomic E-state index is 0. The highest BCUT2D eigenvalue weighted by atomic mass is 35.5. The maximum absolute atomic E-state index is 5.35. The van der Waals surface area contributed by atoms with Crippen LogP contribution in [0.5, 0.6) is 0 Å². The van der Waals surface area contributed by atoms with E-state index >= 15 is 0 Å². The van der Waals surface area contributed by atoms with Gasteiger partial charge in [-0.25, -0.2) is 0 Å². The van der Waals surface area contributed by atoms with Gasteiger partial charge in [-0.2, -0.15) is 5.10 Å². The van der Waals surface area contributed by atoms with Gasteiger partial charge >= 0.3 is 0 Å². The molecule has 0 radical (unpaired) electrons. The van der Waals surface area contributed by atoms with Crippen LogP contribution in [-0.2, 0) is 12.8 Å². The number of rotatable bonds is 3. The van der Waals surface area contributed by atoms with E-state index in [2.05, 4.69) is 72.5 Å². The van der Waals surface area contributed by atoms with Gasteiger partial charge in [0.05, 0.1) is 11.8 Å². The van der Waals surface area contributed by atoms with E-state index in [1.54, 1.807) is 5.56 Å². The van der Waals surface area contributed by atoms with Crippen LogP contribution in [0.15, 0.2) is 41.5 Å². The van der Waals surface area contributed by atoms with Gasteiger partial charge in [0.25, 0.3) is 0 Å². The summed E-state index contributed by atoms with van der Waals surface area (Å²) in [4.78, 5) is 2.40. The predicted octanol–water partition coefficient (Wildman–Crippen LogP) is 4.18. The summed E-state index contributed by atoms with van der Waals surface area (Å²) in [5.74, 6) is 0. The third-order valence-electron chi connectivity index (χ3n) is 6.78. The summed E-state index contributed by atoms with van der Waals surface area (Å²) in [6.45, 7) is 6.60. The quantitative estimate of drug-likeness (QED) is 0.770. The molecule has 1 N–H and O–H groups in total. The Balaban J connectivity index is 0.00000205. The van der Waals surface area contributed by atoms with Crippen LogP contribution in [0, 0.1) is 13.8 Å². The van der Waals surface area contributed by atoms with E-state index in [0.717, 1.165) is 38.8 Å². The van der Waals surface area contributed by atoms with Crippen molar-refractivity contribution in [2.24, 2.45) is 5.10 Å². The molecule has 0 aromatic heterocycles. The molecule has 5 heteroatoms. The number of likely N-dealkylation sites (N-methyl/N-ethyl adjacent to an activating group) is 1. The Morgan fingerprint density at radius 1 is 1.03 bits per heavy atom. The summed E-state index contributed by atoms with van der Waals surface area (Å²) in [6, 6.07) is 13.7. The molecule has 0 amide bonds. The summed E-state index contributed by atoms with van der Waals surface area (Å²) >= 11 is 0. The molecule has 0 bridgehead atoms. The summed E-state index contributed by atoms with van der Waals surface area (Å²) in [5, 5.41) is 11.4. The van der Waals surface area contributed by atoms with Gasteiger partial charge in [-0.05, 0) is 74.4 Å². The second-order valence-corrected chi connectivity index (χ2v) is 8.54. The molecule has 1 aliphatic heterocycles. The molecular weight excluding hydrogens is 380 g/mol. The highest BCUT2D eigenvalue weighted by molar-refractivity contribution is 6.04. The standard InChI is InChI=1S/C24H30N4.ClH/c1-16-8-9-17(2)23-19(16)11-13-22(23)28(24-25-14-15-27(24)3)26-21-12-10-18-6-4-5-7-20(18)21;/h4-9,22,24-25H,10-15H2,1-3H3;1H. The van der Waals surface area contributed by atoms with Gasteiger partial charge in [-0.1, -0.05) is 36.4 Å². The first-order valence-corrected chi connectivity index (χ1v) is 10.6. The summed E-state index contributed by atoms with van der Waals surface area (Å²) in [6.07, 6.45) is 4.61. The number of hydrazone groups is 1. The van der Waals surface area contributed by atoms with Gasteiger partial charge in [-0.3, -0.25) is 15.2 Å². The van der Waals surface area contributed by atoms with Crippen molar-refractivity contribution in [1.82, 2.24) is 15.2 Å². The molecule has 0 spiro atoms. The van der Waals surface area contributed by atoms with Crippen molar-refractivity contribution in [2.75, 3.05) is 20.1 Å². The van der Waals surface area contributed by atoms with Crippen LogP contribution in [0.25, 0.3) is 0 Å². The molecule has 2 unspecified atom stereocenters. The van der Waals surface area contributed by atoms with E-state index in [-0.39, 0.29) is 18.7 Å². The lowest BCUT2D eigenvalue weighted by atomic mass is 9.98. The highest BCUT2D eigenvalue weighted by Gasteiger charge is 2.37. The molecule has 154 valence electrons. The predicted molar refractivity (Wildman–Crippen MR) is 122 cm³/mol. The maximum atomic E-state index is 5.35. The molecule has 4 nitrogen and oxygen atoms in total. The Morgan fingerprint density at radius 3 is 2.62 bits per heavy atom. The second kappa shape index (κ2) is 8.10. The second-order valence-electron chi connectivity index (χ2n) is 8.54. The molecule has 2 aromatic rings. The van der Waals surface area contributed by atoms with E-state index < -0.39 is 0 Å². The van der Waals surface area contributed by atoms with E-state index in [0.29, 0.717) is 6.04 Å². The van der Waals surface area contributed by atoms with Crippen LogP contribution < -0.4 is 5.32 Å². The normalized spacial score (nSPS) is 24.4. The van der Waals surface area contributed by atoms with Gasteiger partial charge in [0, 0.05) is 18.7 Å². The van der Waals surface area contributed by atoms with E-state index in [1.165, 1.54) is 33.5 Å². The molecule has 1 saturated heterocycles. The Hall–Kier alpha value is -1.88. The number of hydrogen-bond acceptors (Lipinski definition) is 4. The first-order chi connectivity index (χ1) is 13.6. The van der Waals surface area contributed by atoms with Gasteiger partial charge in [0.2, 0.25) is 0 Å². The highest BCUT2D eigenvalue weighted by Crippen LogP contribution is 2.41. The molecule has 1 fully saturated rings. The van der Waals surface area contributed by atoms with Crippen molar-refractivity contribution in [3.8, 4) is 0 Å². The summed E-state index contributed by atoms with van der Waals surface area (Å²) in [7, 11) is 2.21. The zero-order valence-corrected chi connectivity index (χ0v) is 18.4. The molecule has 3 aliphatic rings. The van der Waals surface area contributed by atoms with Crippen molar-refractivity contribution in [3.05, 3.63) is 69.8 Å². The van der Waals surface area contributed by atoms with Crippen molar-refractivity contribution in [2.45, 2.75) is 51.9 Å². The fourth-order valence-electron chi connectivity index (χ4n) is 5.27. The zero-order chi connectivity index (χ0) is 19.3. The molecule has 1 heterocycles. The Bertz CT molecular complexity index is 938. The number of halogens is 1.